The van der Waals surface area contributed by atoms with Crippen LogP contribution in [-0.2, 0) is 6.54 Å². The van der Waals surface area contributed by atoms with Gasteiger partial charge in [0.25, 0.3) is 5.56 Å². The maximum absolute atomic E-state index is 12.7. The lowest BCUT2D eigenvalue weighted by molar-refractivity contribution is 0.299. The summed E-state index contributed by atoms with van der Waals surface area (Å²) in [7, 11) is 0. The van der Waals surface area contributed by atoms with Crippen LogP contribution in [0, 0.1) is 0 Å². The molecule has 1 saturated carbocycles. The Balaban J connectivity index is 1.90. The van der Waals surface area contributed by atoms with E-state index in [1.54, 1.807) is 0 Å². The Morgan fingerprint density at radius 1 is 1.32 bits per heavy atom. The van der Waals surface area contributed by atoms with Crippen LogP contribution in [0.1, 0.15) is 58.4 Å². The Bertz CT molecular complexity index is 874. The van der Waals surface area contributed by atoms with E-state index in [0.717, 1.165) is 46.6 Å². The molecule has 0 spiro atoms. The van der Waals surface area contributed by atoms with E-state index in [9.17, 15) is 4.79 Å². The second-order valence-electron chi connectivity index (χ2n) is 7.63. The van der Waals surface area contributed by atoms with E-state index in [1.807, 2.05) is 31.2 Å². The number of hydrogen-bond acceptors (Lipinski definition) is 3. The van der Waals surface area contributed by atoms with Crippen molar-refractivity contribution in [2.75, 3.05) is 6.61 Å². The first-order valence-electron chi connectivity index (χ1n) is 10.4. The minimum atomic E-state index is -0.0500. The molecule has 1 aromatic carbocycles. The average molecular weight is 402 g/mol. The summed E-state index contributed by atoms with van der Waals surface area (Å²) >= 11 is 5.73. The Morgan fingerprint density at radius 2 is 2.07 bits per heavy atom. The topological polar surface area (TPSA) is 57.4 Å². The highest BCUT2D eigenvalue weighted by Crippen LogP contribution is 2.26. The van der Waals surface area contributed by atoms with E-state index in [2.05, 4.69) is 29.0 Å². The van der Waals surface area contributed by atoms with Crippen LogP contribution in [-0.4, -0.2) is 33.7 Å². The van der Waals surface area contributed by atoms with E-state index >= 15 is 0 Å². The summed E-state index contributed by atoms with van der Waals surface area (Å²) in [4.78, 5) is 18.0. The van der Waals surface area contributed by atoms with E-state index in [-0.39, 0.29) is 5.56 Å². The van der Waals surface area contributed by atoms with Crippen molar-refractivity contribution in [2.45, 2.75) is 71.5 Å². The quantitative estimate of drug-likeness (QED) is 0.676. The number of ether oxygens (including phenoxy) is 1. The zero-order valence-corrected chi connectivity index (χ0v) is 17.9. The van der Waals surface area contributed by atoms with Gasteiger partial charge in [-0.2, -0.15) is 0 Å². The van der Waals surface area contributed by atoms with Crippen LogP contribution in [0.5, 0.6) is 5.75 Å². The predicted molar refractivity (Wildman–Crippen MR) is 119 cm³/mol. The number of thiocarbonyl (C=S) groups is 1. The van der Waals surface area contributed by atoms with Crippen LogP contribution < -0.4 is 15.6 Å². The van der Waals surface area contributed by atoms with Crippen molar-refractivity contribution in [3.05, 3.63) is 40.2 Å². The first-order valence-corrected chi connectivity index (χ1v) is 10.8. The fraction of sp³-hybridized carbons (Fsp3) is 0.545. The van der Waals surface area contributed by atoms with Crippen molar-refractivity contribution in [3.8, 4) is 5.75 Å². The molecule has 2 N–H and O–H groups in total. The van der Waals surface area contributed by atoms with Crippen LogP contribution in [0.15, 0.2) is 29.1 Å². The third-order valence-electron chi connectivity index (χ3n) is 5.55. The van der Waals surface area contributed by atoms with Crippen molar-refractivity contribution >= 4 is 28.2 Å². The first-order chi connectivity index (χ1) is 13.5. The summed E-state index contributed by atoms with van der Waals surface area (Å²) in [6.45, 7) is 7.39. The highest BCUT2D eigenvalue weighted by molar-refractivity contribution is 7.80. The third-order valence-corrected chi connectivity index (χ3v) is 5.91. The van der Waals surface area contributed by atoms with Gasteiger partial charge in [-0.05, 0) is 69.6 Å². The van der Waals surface area contributed by atoms with Gasteiger partial charge in [0.15, 0.2) is 5.11 Å². The molecule has 0 bridgehead atoms. The van der Waals surface area contributed by atoms with Gasteiger partial charge in [0.2, 0.25) is 0 Å². The van der Waals surface area contributed by atoms with E-state index in [0.29, 0.717) is 25.2 Å². The molecule has 5 nitrogen and oxygen atoms in total. The molecular weight excluding hydrogens is 370 g/mol. The maximum Gasteiger partial charge on any atom is 0.253 e. The molecule has 2 aromatic rings. The number of rotatable bonds is 7. The van der Waals surface area contributed by atoms with E-state index in [1.165, 1.54) is 12.8 Å². The fourth-order valence-corrected chi connectivity index (χ4v) is 4.18. The van der Waals surface area contributed by atoms with E-state index < -0.39 is 0 Å². The molecule has 1 aliphatic rings. The van der Waals surface area contributed by atoms with Crippen LogP contribution in [0.25, 0.3) is 10.9 Å². The van der Waals surface area contributed by atoms with Gasteiger partial charge < -0.3 is 19.9 Å². The van der Waals surface area contributed by atoms with Gasteiger partial charge in [-0.15, -0.1) is 0 Å². The molecule has 0 amide bonds. The number of fused-ring (bicyclic) bond motifs is 1. The van der Waals surface area contributed by atoms with Crippen LogP contribution in [0.2, 0.25) is 0 Å². The lowest BCUT2D eigenvalue weighted by Crippen LogP contribution is -2.47. The first kappa shape index (κ1) is 20.6. The highest BCUT2D eigenvalue weighted by Gasteiger charge is 2.26. The Kier molecular flexibility index (Phi) is 6.94. The molecule has 0 aliphatic heterocycles. The predicted octanol–water partition coefficient (Wildman–Crippen LogP) is 4.34. The zero-order chi connectivity index (χ0) is 20.1. The number of benzene rings is 1. The second kappa shape index (κ2) is 9.41. The number of aromatic amines is 1. The highest BCUT2D eigenvalue weighted by atomic mass is 32.1. The Hall–Kier alpha value is -2.08. The number of hydrogen-bond donors (Lipinski definition) is 2. The monoisotopic (exact) mass is 401 g/mol. The molecule has 28 heavy (non-hydrogen) atoms. The standard InChI is InChI=1S/C22H31N3O2S/c1-4-15(3)23-22(28)25(18-8-6-7-9-18)14-17-12-16-13-19(27-5-2)10-11-20(16)24-21(17)26/h10-13,15,18H,4-9,14H2,1-3H3,(H,23,28)(H,24,26)/t15-/m0/s1. The zero-order valence-electron chi connectivity index (χ0n) is 17.1. The summed E-state index contributed by atoms with van der Waals surface area (Å²) in [5.41, 5.74) is 1.51. The molecule has 1 aliphatic carbocycles. The summed E-state index contributed by atoms with van der Waals surface area (Å²) < 4.78 is 5.61. The Labute approximate surface area is 172 Å². The molecule has 0 saturated heterocycles. The molecular formula is C22H31N3O2S. The average Bonchev–Trinajstić information content (AvgIpc) is 3.20. The molecule has 1 atom stereocenters. The van der Waals surface area contributed by atoms with Gasteiger partial charge in [-0.3, -0.25) is 4.79 Å². The van der Waals surface area contributed by atoms with Crippen LogP contribution in [0.4, 0.5) is 0 Å². The summed E-state index contributed by atoms with van der Waals surface area (Å²) in [5, 5.41) is 5.17. The Morgan fingerprint density at radius 3 is 2.75 bits per heavy atom. The maximum atomic E-state index is 12.7. The molecule has 1 heterocycles. The van der Waals surface area contributed by atoms with Crippen molar-refractivity contribution in [3.63, 3.8) is 0 Å². The third kappa shape index (κ3) is 4.85. The number of nitrogens with one attached hydrogen (secondary N) is 2. The van der Waals surface area contributed by atoms with E-state index in [4.69, 9.17) is 17.0 Å². The molecule has 0 radical (unpaired) electrons. The smallest absolute Gasteiger partial charge is 0.253 e. The SMILES string of the molecule is CCOc1ccc2[nH]c(=O)c(CN(C(=S)N[C@@H](C)CC)C3CCCC3)cc2c1. The molecule has 152 valence electrons. The summed E-state index contributed by atoms with van der Waals surface area (Å²) in [6, 6.07) is 8.46. The molecule has 6 heteroatoms. The second-order valence-corrected chi connectivity index (χ2v) is 8.02. The van der Waals surface area contributed by atoms with Gasteiger partial charge in [0, 0.05) is 28.6 Å². The lowest BCUT2D eigenvalue weighted by atomic mass is 10.1. The fourth-order valence-electron chi connectivity index (χ4n) is 3.77. The van der Waals surface area contributed by atoms with Crippen molar-refractivity contribution in [1.29, 1.82) is 0 Å². The molecule has 0 unspecified atom stereocenters. The molecule has 1 fully saturated rings. The van der Waals surface area contributed by atoms with Crippen molar-refractivity contribution in [1.82, 2.24) is 15.2 Å². The van der Waals surface area contributed by atoms with Gasteiger partial charge in [0.05, 0.1) is 13.2 Å². The van der Waals surface area contributed by atoms with Gasteiger partial charge in [-0.25, -0.2) is 0 Å². The van der Waals surface area contributed by atoms with Gasteiger partial charge >= 0.3 is 0 Å². The van der Waals surface area contributed by atoms with Crippen molar-refractivity contribution in [2.24, 2.45) is 0 Å². The lowest BCUT2D eigenvalue weighted by Gasteiger charge is -2.33. The van der Waals surface area contributed by atoms with Crippen molar-refractivity contribution < 1.29 is 4.74 Å². The minimum absolute atomic E-state index is 0.0500. The molecule has 3 rings (SSSR count). The summed E-state index contributed by atoms with van der Waals surface area (Å²) in [5.74, 6) is 0.814. The van der Waals surface area contributed by atoms with Gasteiger partial charge in [-0.1, -0.05) is 19.8 Å². The van der Waals surface area contributed by atoms with Gasteiger partial charge in [0.1, 0.15) is 5.75 Å². The summed E-state index contributed by atoms with van der Waals surface area (Å²) in [6.07, 6.45) is 5.71. The largest absolute Gasteiger partial charge is 0.494 e. The number of pyridine rings is 1. The number of nitrogens with zero attached hydrogens (tertiary/aromatic N) is 1. The van der Waals surface area contributed by atoms with Crippen LogP contribution in [0.3, 0.4) is 0 Å². The number of aromatic nitrogens is 1. The van der Waals surface area contributed by atoms with Crippen LogP contribution >= 0.6 is 12.2 Å². The normalized spacial score (nSPS) is 15.5. The molecule has 1 aromatic heterocycles. The number of H-pyrrole nitrogens is 1. The minimum Gasteiger partial charge on any atom is -0.494 e.